The van der Waals surface area contributed by atoms with E-state index in [-0.39, 0.29) is 17.7 Å². The zero-order chi connectivity index (χ0) is 13.1. The smallest absolute Gasteiger partial charge is 0.303 e. The fraction of sp³-hybridized carbons (Fsp3) is 0.417. The van der Waals surface area contributed by atoms with Crippen LogP contribution in [0.1, 0.15) is 25.3 Å². The third-order valence-electron chi connectivity index (χ3n) is 2.64. The van der Waals surface area contributed by atoms with E-state index in [1.54, 1.807) is 24.3 Å². The van der Waals surface area contributed by atoms with Gasteiger partial charge in [0.1, 0.15) is 0 Å². The van der Waals surface area contributed by atoms with Crippen LogP contribution in [0, 0.1) is 6.92 Å². The van der Waals surface area contributed by atoms with Gasteiger partial charge in [-0.05, 0) is 32.4 Å². The molecule has 17 heavy (non-hydrogen) atoms. The first-order chi connectivity index (χ1) is 7.84. The van der Waals surface area contributed by atoms with Crippen molar-refractivity contribution in [2.24, 2.45) is 0 Å². The number of carboxylic acids is 1. The Labute approximate surface area is 101 Å². The molecule has 1 aromatic carbocycles. The van der Waals surface area contributed by atoms with E-state index in [4.69, 9.17) is 5.11 Å². The predicted octanol–water partition coefficient (Wildman–Crippen LogP) is 2.02. The highest BCUT2D eigenvalue weighted by atomic mass is 32.2. The molecule has 0 aliphatic carbocycles. The Morgan fingerprint density at radius 3 is 2.29 bits per heavy atom. The predicted molar refractivity (Wildman–Crippen MR) is 64.7 cm³/mol. The Hall–Kier alpha value is -1.36. The molecule has 94 valence electrons. The average Bonchev–Trinajstić information content (AvgIpc) is 2.26. The summed E-state index contributed by atoms with van der Waals surface area (Å²) in [6, 6.07) is 6.58. The molecule has 5 heteroatoms. The van der Waals surface area contributed by atoms with Crippen LogP contribution in [-0.4, -0.2) is 24.7 Å². The molecule has 4 nitrogen and oxygen atoms in total. The van der Waals surface area contributed by atoms with Gasteiger partial charge in [-0.3, -0.25) is 4.79 Å². The second-order valence-corrected chi connectivity index (χ2v) is 6.47. The van der Waals surface area contributed by atoms with Crippen LogP contribution >= 0.6 is 0 Å². The zero-order valence-corrected chi connectivity index (χ0v) is 10.7. The second kappa shape index (κ2) is 5.31. The fourth-order valence-electron chi connectivity index (χ4n) is 1.44. The highest BCUT2D eigenvalue weighted by molar-refractivity contribution is 7.92. The minimum Gasteiger partial charge on any atom is -0.481 e. The lowest BCUT2D eigenvalue weighted by molar-refractivity contribution is -0.137. The number of aliphatic carboxylic acids is 1. The molecule has 1 aromatic rings. The van der Waals surface area contributed by atoms with E-state index in [9.17, 15) is 13.2 Å². The molecule has 0 radical (unpaired) electrons. The number of carbonyl (C=O) groups is 1. The molecule has 0 fully saturated rings. The van der Waals surface area contributed by atoms with Crippen molar-refractivity contribution in [2.75, 3.05) is 0 Å². The van der Waals surface area contributed by atoms with Crippen LogP contribution in [0.15, 0.2) is 29.2 Å². The van der Waals surface area contributed by atoms with Crippen molar-refractivity contribution in [1.29, 1.82) is 0 Å². The first-order valence-electron chi connectivity index (χ1n) is 5.36. The molecule has 0 heterocycles. The van der Waals surface area contributed by atoms with Gasteiger partial charge in [0.25, 0.3) is 0 Å². The van der Waals surface area contributed by atoms with Crippen molar-refractivity contribution in [2.45, 2.75) is 36.8 Å². The maximum absolute atomic E-state index is 12.1. The number of carboxylic acid groups (broad SMARTS) is 1. The summed E-state index contributed by atoms with van der Waals surface area (Å²) >= 11 is 0. The molecule has 1 unspecified atom stereocenters. The molecule has 0 aliphatic heterocycles. The Morgan fingerprint density at radius 1 is 1.29 bits per heavy atom. The Bertz CT molecular complexity index is 488. The van der Waals surface area contributed by atoms with Crippen molar-refractivity contribution in [3.8, 4) is 0 Å². The van der Waals surface area contributed by atoms with E-state index in [1.165, 1.54) is 6.92 Å². The molecule has 0 spiro atoms. The van der Waals surface area contributed by atoms with E-state index in [2.05, 4.69) is 0 Å². The molecule has 1 N–H and O–H groups in total. The number of rotatable bonds is 5. The Morgan fingerprint density at radius 2 is 1.82 bits per heavy atom. The quantitative estimate of drug-likeness (QED) is 0.874. The number of hydrogen-bond acceptors (Lipinski definition) is 3. The van der Waals surface area contributed by atoms with Crippen LogP contribution in [0.25, 0.3) is 0 Å². The van der Waals surface area contributed by atoms with E-state index < -0.39 is 21.1 Å². The van der Waals surface area contributed by atoms with Crippen molar-refractivity contribution >= 4 is 15.8 Å². The Balaban J connectivity index is 2.87. The summed E-state index contributed by atoms with van der Waals surface area (Å²) in [6.07, 6.45) is -0.00218. The molecular weight excluding hydrogens is 240 g/mol. The van der Waals surface area contributed by atoms with E-state index in [0.717, 1.165) is 5.56 Å². The van der Waals surface area contributed by atoms with Crippen LogP contribution in [-0.2, 0) is 14.6 Å². The maximum atomic E-state index is 12.1. The fourth-order valence-corrected chi connectivity index (χ4v) is 2.85. The summed E-state index contributed by atoms with van der Waals surface area (Å²) in [5.41, 5.74) is 0.988. The average molecular weight is 256 g/mol. The van der Waals surface area contributed by atoms with Crippen LogP contribution < -0.4 is 0 Å². The third-order valence-corrected chi connectivity index (χ3v) is 4.87. The summed E-state index contributed by atoms with van der Waals surface area (Å²) in [6.45, 7) is 3.42. The molecule has 0 amide bonds. The molecule has 0 saturated heterocycles. The molecule has 0 aromatic heterocycles. The van der Waals surface area contributed by atoms with E-state index in [1.807, 2.05) is 6.92 Å². The summed E-state index contributed by atoms with van der Waals surface area (Å²) in [5, 5.41) is 7.86. The van der Waals surface area contributed by atoms with Crippen molar-refractivity contribution < 1.29 is 18.3 Å². The van der Waals surface area contributed by atoms with Gasteiger partial charge in [-0.1, -0.05) is 17.7 Å². The first kappa shape index (κ1) is 13.7. The van der Waals surface area contributed by atoms with Gasteiger partial charge in [0.15, 0.2) is 9.84 Å². The largest absolute Gasteiger partial charge is 0.481 e. The number of hydrogen-bond donors (Lipinski definition) is 1. The summed E-state index contributed by atoms with van der Waals surface area (Å²) in [5.74, 6) is -0.976. The lowest BCUT2D eigenvalue weighted by Crippen LogP contribution is -2.19. The highest BCUT2D eigenvalue weighted by Gasteiger charge is 2.23. The number of aryl methyl sites for hydroxylation is 1. The van der Waals surface area contributed by atoms with E-state index in [0.29, 0.717) is 0 Å². The zero-order valence-electron chi connectivity index (χ0n) is 9.88. The van der Waals surface area contributed by atoms with Gasteiger partial charge in [0.05, 0.1) is 10.1 Å². The van der Waals surface area contributed by atoms with Gasteiger partial charge in [0, 0.05) is 6.42 Å². The molecule has 0 aliphatic rings. The monoisotopic (exact) mass is 256 g/mol. The van der Waals surface area contributed by atoms with Crippen LogP contribution in [0.5, 0.6) is 0 Å². The lowest BCUT2D eigenvalue weighted by atomic mass is 10.2. The molecule has 0 saturated carbocycles. The minimum atomic E-state index is -3.41. The normalized spacial score (nSPS) is 13.3. The van der Waals surface area contributed by atoms with Gasteiger partial charge in [0.2, 0.25) is 0 Å². The first-order valence-corrected chi connectivity index (χ1v) is 6.91. The molecular formula is C12H16O4S. The van der Waals surface area contributed by atoms with Crippen LogP contribution in [0.4, 0.5) is 0 Å². The molecule has 1 atom stereocenters. The van der Waals surface area contributed by atoms with Gasteiger partial charge in [-0.2, -0.15) is 0 Å². The Kier molecular flexibility index (Phi) is 4.28. The lowest BCUT2D eigenvalue weighted by Gasteiger charge is -2.11. The molecule has 0 bridgehead atoms. The van der Waals surface area contributed by atoms with Gasteiger partial charge < -0.3 is 5.11 Å². The van der Waals surface area contributed by atoms with Gasteiger partial charge in [-0.15, -0.1) is 0 Å². The maximum Gasteiger partial charge on any atom is 0.303 e. The standard InChI is InChI=1S/C12H16O4S/c1-9-3-6-11(7-4-9)17(15,16)10(2)5-8-12(13)14/h3-4,6-7,10H,5,8H2,1-2H3,(H,13,14). The van der Waals surface area contributed by atoms with Crippen molar-refractivity contribution in [1.82, 2.24) is 0 Å². The topological polar surface area (TPSA) is 71.4 Å². The number of benzene rings is 1. The van der Waals surface area contributed by atoms with Gasteiger partial charge in [-0.25, -0.2) is 8.42 Å². The summed E-state index contributed by atoms with van der Waals surface area (Å²) in [4.78, 5) is 10.7. The second-order valence-electron chi connectivity index (χ2n) is 4.10. The highest BCUT2D eigenvalue weighted by Crippen LogP contribution is 2.19. The minimum absolute atomic E-state index is 0.130. The van der Waals surface area contributed by atoms with Crippen LogP contribution in [0.3, 0.4) is 0 Å². The molecule has 1 rings (SSSR count). The summed E-state index contributed by atoms with van der Waals surface area (Å²) in [7, 11) is -3.41. The number of sulfone groups is 1. The third kappa shape index (κ3) is 3.56. The van der Waals surface area contributed by atoms with Crippen LogP contribution in [0.2, 0.25) is 0 Å². The summed E-state index contributed by atoms with van der Waals surface area (Å²) < 4.78 is 24.1. The van der Waals surface area contributed by atoms with Crippen molar-refractivity contribution in [3.63, 3.8) is 0 Å². The van der Waals surface area contributed by atoms with E-state index >= 15 is 0 Å². The van der Waals surface area contributed by atoms with Crippen molar-refractivity contribution in [3.05, 3.63) is 29.8 Å². The SMILES string of the molecule is Cc1ccc(S(=O)(=O)C(C)CCC(=O)O)cc1. The van der Waals surface area contributed by atoms with Gasteiger partial charge >= 0.3 is 5.97 Å².